The Kier molecular flexibility index (Phi) is 4.85. The molecule has 0 bridgehead atoms. The van der Waals surface area contributed by atoms with Gasteiger partial charge in [-0.1, -0.05) is 13.3 Å². The average molecular weight is 269 g/mol. The number of amides is 1. The molecule has 1 heterocycles. The van der Waals surface area contributed by atoms with E-state index in [0.29, 0.717) is 12.1 Å². The van der Waals surface area contributed by atoms with Gasteiger partial charge in [0.25, 0.3) is 0 Å². The Bertz CT molecular complexity index is 483. The molecule has 8 heteroatoms. The van der Waals surface area contributed by atoms with Crippen molar-refractivity contribution in [2.24, 2.45) is 7.05 Å². The van der Waals surface area contributed by atoms with Crippen LogP contribution in [0.15, 0.2) is 0 Å². The summed E-state index contributed by atoms with van der Waals surface area (Å²) in [4.78, 5) is 22.2. The number of nitrogens with one attached hydrogen (secondary N) is 2. The number of aromatic nitrogens is 2. The Morgan fingerprint density at radius 3 is 2.68 bits per heavy atom. The molecule has 0 aromatic carbocycles. The monoisotopic (exact) mass is 269 g/mol. The Morgan fingerprint density at radius 2 is 2.21 bits per heavy atom. The van der Waals surface area contributed by atoms with Crippen LogP contribution in [-0.2, 0) is 18.3 Å². The first kappa shape index (κ1) is 14.9. The number of nitrogens with zero attached hydrogens (tertiary/aromatic N) is 3. The molecule has 8 nitrogen and oxygen atoms in total. The standard InChI is InChI=1S/C11H19N5O3/c1-5-6-8-9(16(18)19)10(15(4)14-8)13-7(2)11(17)12-3/h7,13H,5-6H2,1-4H3,(H,12,17). The van der Waals surface area contributed by atoms with Crippen LogP contribution in [0, 0.1) is 10.1 Å². The number of carbonyl (C=O) groups excluding carboxylic acids is 1. The van der Waals surface area contributed by atoms with Gasteiger partial charge in [-0.3, -0.25) is 14.9 Å². The quantitative estimate of drug-likeness (QED) is 0.588. The molecule has 0 aliphatic heterocycles. The van der Waals surface area contributed by atoms with Gasteiger partial charge >= 0.3 is 5.69 Å². The zero-order chi connectivity index (χ0) is 14.6. The van der Waals surface area contributed by atoms with Crippen molar-refractivity contribution in [3.8, 4) is 0 Å². The largest absolute Gasteiger partial charge is 0.357 e. The summed E-state index contributed by atoms with van der Waals surface area (Å²) < 4.78 is 1.41. The molecule has 1 aromatic rings. The lowest BCUT2D eigenvalue weighted by Crippen LogP contribution is -2.35. The van der Waals surface area contributed by atoms with Crippen LogP contribution < -0.4 is 10.6 Å². The first-order valence-corrected chi connectivity index (χ1v) is 6.10. The number of hydrogen-bond acceptors (Lipinski definition) is 5. The number of aryl methyl sites for hydroxylation is 2. The molecule has 1 atom stereocenters. The number of anilines is 1. The fraction of sp³-hybridized carbons (Fsp3) is 0.636. The van der Waals surface area contributed by atoms with E-state index in [0.717, 1.165) is 6.42 Å². The Morgan fingerprint density at radius 1 is 1.58 bits per heavy atom. The van der Waals surface area contributed by atoms with Gasteiger partial charge in [-0.15, -0.1) is 0 Å². The molecule has 1 aromatic heterocycles. The minimum atomic E-state index is -0.575. The predicted molar refractivity (Wildman–Crippen MR) is 71.0 cm³/mol. The summed E-state index contributed by atoms with van der Waals surface area (Å²) in [6.07, 6.45) is 1.29. The molecule has 0 aliphatic carbocycles. The Hall–Kier alpha value is -2.12. The van der Waals surface area contributed by atoms with Gasteiger partial charge in [-0.2, -0.15) is 5.10 Å². The number of hydrogen-bond donors (Lipinski definition) is 2. The lowest BCUT2D eigenvalue weighted by molar-refractivity contribution is -0.384. The third kappa shape index (κ3) is 3.21. The second-order valence-electron chi connectivity index (χ2n) is 4.25. The van der Waals surface area contributed by atoms with Crippen LogP contribution in [0.1, 0.15) is 26.0 Å². The molecule has 1 amide bonds. The van der Waals surface area contributed by atoms with Crippen molar-refractivity contribution in [3.63, 3.8) is 0 Å². The molecular formula is C11H19N5O3. The van der Waals surface area contributed by atoms with Crippen molar-refractivity contribution >= 4 is 17.4 Å². The Balaban J connectivity index is 3.12. The molecule has 0 saturated heterocycles. The van der Waals surface area contributed by atoms with Crippen molar-refractivity contribution in [3.05, 3.63) is 15.8 Å². The lowest BCUT2D eigenvalue weighted by atomic mass is 10.2. The second-order valence-corrected chi connectivity index (χ2v) is 4.25. The molecule has 0 fully saturated rings. The van der Waals surface area contributed by atoms with Crippen molar-refractivity contribution in [2.45, 2.75) is 32.7 Å². The van der Waals surface area contributed by atoms with Gasteiger partial charge in [0, 0.05) is 14.1 Å². The third-order valence-electron chi connectivity index (χ3n) is 2.75. The zero-order valence-electron chi connectivity index (χ0n) is 11.6. The van der Waals surface area contributed by atoms with E-state index in [1.54, 1.807) is 14.0 Å². The van der Waals surface area contributed by atoms with Crippen LogP contribution in [-0.4, -0.2) is 33.7 Å². The minimum absolute atomic E-state index is 0.0555. The molecule has 0 aliphatic rings. The van der Waals surface area contributed by atoms with E-state index >= 15 is 0 Å². The molecule has 0 spiro atoms. The van der Waals surface area contributed by atoms with Gasteiger partial charge in [0.2, 0.25) is 11.7 Å². The third-order valence-corrected chi connectivity index (χ3v) is 2.75. The highest BCUT2D eigenvalue weighted by Gasteiger charge is 2.28. The second kappa shape index (κ2) is 6.17. The van der Waals surface area contributed by atoms with Gasteiger partial charge in [-0.05, 0) is 13.3 Å². The SMILES string of the molecule is CCCc1nn(C)c(NC(C)C(=O)NC)c1[N+](=O)[O-]. The molecular weight excluding hydrogens is 250 g/mol. The smallest absolute Gasteiger partial charge is 0.334 e. The summed E-state index contributed by atoms with van der Waals surface area (Å²) in [6, 6.07) is -0.575. The summed E-state index contributed by atoms with van der Waals surface area (Å²) >= 11 is 0. The van der Waals surface area contributed by atoms with Gasteiger partial charge < -0.3 is 10.6 Å². The maximum absolute atomic E-state index is 11.5. The molecule has 0 radical (unpaired) electrons. The van der Waals surface area contributed by atoms with Crippen molar-refractivity contribution in [2.75, 3.05) is 12.4 Å². The summed E-state index contributed by atoms with van der Waals surface area (Å²) in [5.74, 6) is 0.0112. The van der Waals surface area contributed by atoms with E-state index in [-0.39, 0.29) is 17.4 Å². The van der Waals surface area contributed by atoms with Crippen LogP contribution in [0.25, 0.3) is 0 Å². The van der Waals surface area contributed by atoms with E-state index in [1.807, 2.05) is 6.92 Å². The van der Waals surface area contributed by atoms with E-state index in [1.165, 1.54) is 11.7 Å². The van der Waals surface area contributed by atoms with E-state index in [2.05, 4.69) is 15.7 Å². The molecule has 19 heavy (non-hydrogen) atoms. The summed E-state index contributed by atoms with van der Waals surface area (Å²) in [5.41, 5.74) is 0.377. The zero-order valence-corrected chi connectivity index (χ0v) is 11.6. The predicted octanol–water partition coefficient (Wildman–Crippen LogP) is 0.827. The summed E-state index contributed by atoms with van der Waals surface area (Å²) in [5, 5.41) is 20.6. The maximum atomic E-state index is 11.5. The van der Waals surface area contributed by atoms with Crippen LogP contribution in [0.5, 0.6) is 0 Å². The van der Waals surface area contributed by atoms with E-state index < -0.39 is 11.0 Å². The number of nitro groups is 1. The van der Waals surface area contributed by atoms with Gasteiger partial charge in [0.15, 0.2) is 0 Å². The fourth-order valence-electron chi connectivity index (χ4n) is 1.81. The lowest BCUT2D eigenvalue weighted by Gasteiger charge is -2.12. The highest BCUT2D eigenvalue weighted by atomic mass is 16.6. The normalized spacial score (nSPS) is 12.0. The van der Waals surface area contributed by atoms with Crippen LogP contribution in [0.3, 0.4) is 0 Å². The van der Waals surface area contributed by atoms with E-state index in [9.17, 15) is 14.9 Å². The van der Waals surface area contributed by atoms with Crippen LogP contribution >= 0.6 is 0 Å². The van der Waals surface area contributed by atoms with Gasteiger partial charge in [0.1, 0.15) is 11.7 Å². The van der Waals surface area contributed by atoms with Crippen molar-refractivity contribution in [1.82, 2.24) is 15.1 Å². The fourth-order valence-corrected chi connectivity index (χ4v) is 1.81. The maximum Gasteiger partial charge on any atom is 0.334 e. The number of carbonyl (C=O) groups is 1. The molecule has 106 valence electrons. The molecule has 2 N–H and O–H groups in total. The van der Waals surface area contributed by atoms with Crippen molar-refractivity contribution in [1.29, 1.82) is 0 Å². The van der Waals surface area contributed by atoms with Crippen LogP contribution in [0.2, 0.25) is 0 Å². The molecule has 0 saturated carbocycles. The Labute approximate surface area is 111 Å². The van der Waals surface area contributed by atoms with Crippen molar-refractivity contribution < 1.29 is 9.72 Å². The topological polar surface area (TPSA) is 102 Å². The summed E-state index contributed by atoms with van der Waals surface area (Å²) in [7, 11) is 3.13. The van der Waals surface area contributed by atoms with E-state index in [4.69, 9.17) is 0 Å². The van der Waals surface area contributed by atoms with Crippen LogP contribution in [0.4, 0.5) is 11.5 Å². The minimum Gasteiger partial charge on any atom is -0.357 e. The number of likely N-dealkylation sites (N-methyl/N-ethyl adjacent to an activating group) is 1. The van der Waals surface area contributed by atoms with Gasteiger partial charge in [0.05, 0.1) is 4.92 Å². The number of rotatable bonds is 6. The van der Waals surface area contributed by atoms with Gasteiger partial charge in [-0.25, -0.2) is 4.68 Å². The highest BCUT2D eigenvalue weighted by Crippen LogP contribution is 2.29. The molecule has 1 unspecified atom stereocenters. The first-order chi connectivity index (χ1) is 8.92. The summed E-state index contributed by atoms with van der Waals surface area (Å²) in [6.45, 7) is 3.56. The first-order valence-electron chi connectivity index (χ1n) is 6.10. The average Bonchev–Trinajstić information content (AvgIpc) is 2.65. The highest BCUT2D eigenvalue weighted by molar-refractivity contribution is 5.84. The molecule has 1 rings (SSSR count).